The lowest BCUT2D eigenvalue weighted by Gasteiger charge is -2.20. The van der Waals surface area contributed by atoms with Gasteiger partial charge in [-0.05, 0) is 11.6 Å². The largest absolute Gasteiger partial charge is 0.480 e. The maximum absolute atomic E-state index is 12.6. The van der Waals surface area contributed by atoms with E-state index in [1.165, 1.54) is 0 Å². The number of nitrogens with zero attached hydrogens (tertiary/aromatic N) is 2. The first-order chi connectivity index (χ1) is 11.9. The van der Waals surface area contributed by atoms with Gasteiger partial charge >= 0.3 is 5.97 Å². The smallest absolute Gasteiger partial charge is 0.323 e. The number of aliphatic carboxylic acids is 1. The first kappa shape index (κ1) is 17.3. The second-order valence-corrected chi connectivity index (χ2v) is 7.07. The zero-order valence-corrected chi connectivity index (χ0v) is 14.4. The average molecular weight is 376 g/mol. The van der Waals surface area contributed by atoms with Gasteiger partial charge in [-0.15, -0.1) is 0 Å². The predicted octanol–water partition coefficient (Wildman–Crippen LogP) is 1.10. The number of imide groups is 1. The molecule has 2 fully saturated rings. The first-order valence-corrected chi connectivity index (χ1v) is 8.49. The molecule has 2 saturated heterocycles. The van der Waals surface area contributed by atoms with Crippen LogP contribution in [0.25, 0.3) is 6.08 Å². The van der Waals surface area contributed by atoms with E-state index in [1.54, 1.807) is 6.08 Å². The standard InChI is InChI=1S/C16H12N2O5S2/c19-12-7-10(14(22)17(12)8-13(20)21)18-15(23)11(25-16(18)24)6-9-4-2-1-3-5-9/h1-6,10H,7-8H2,(H,20,21). The molecule has 2 aliphatic rings. The second kappa shape index (κ2) is 6.77. The summed E-state index contributed by atoms with van der Waals surface area (Å²) in [5.74, 6) is -3.10. The molecule has 1 unspecified atom stereocenters. The van der Waals surface area contributed by atoms with Crippen LogP contribution in [0.1, 0.15) is 12.0 Å². The predicted molar refractivity (Wildman–Crippen MR) is 94.2 cm³/mol. The molecule has 0 radical (unpaired) electrons. The van der Waals surface area contributed by atoms with Gasteiger partial charge < -0.3 is 5.11 Å². The molecule has 3 rings (SSSR count). The summed E-state index contributed by atoms with van der Waals surface area (Å²) in [5.41, 5.74) is 0.810. The highest BCUT2D eigenvalue weighted by Gasteiger charge is 2.48. The lowest BCUT2D eigenvalue weighted by atomic mass is 10.2. The third-order valence-corrected chi connectivity index (χ3v) is 5.08. The Bertz CT molecular complexity index is 821. The Morgan fingerprint density at radius 1 is 1.28 bits per heavy atom. The van der Waals surface area contributed by atoms with Gasteiger partial charge in [0.1, 0.15) is 16.9 Å². The molecule has 0 aromatic heterocycles. The topological polar surface area (TPSA) is 95.0 Å². The van der Waals surface area contributed by atoms with E-state index >= 15 is 0 Å². The molecule has 2 heterocycles. The van der Waals surface area contributed by atoms with Crippen LogP contribution in [0.15, 0.2) is 35.2 Å². The van der Waals surface area contributed by atoms with E-state index in [4.69, 9.17) is 17.3 Å². The number of amides is 3. The van der Waals surface area contributed by atoms with E-state index in [0.29, 0.717) is 9.81 Å². The fraction of sp³-hybridized carbons (Fsp3) is 0.188. The van der Waals surface area contributed by atoms with Crippen molar-refractivity contribution < 1.29 is 24.3 Å². The molecule has 9 heteroatoms. The summed E-state index contributed by atoms with van der Waals surface area (Å²) in [7, 11) is 0. The van der Waals surface area contributed by atoms with E-state index < -0.39 is 36.3 Å². The number of carboxylic acids is 1. The first-order valence-electron chi connectivity index (χ1n) is 7.26. The molecule has 3 amide bonds. The molecular formula is C16H12N2O5S2. The lowest BCUT2D eigenvalue weighted by Crippen LogP contribution is -2.45. The van der Waals surface area contributed by atoms with E-state index in [1.807, 2.05) is 30.3 Å². The van der Waals surface area contributed by atoms with Crippen LogP contribution in [0.4, 0.5) is 0 Å². The summed E-state index contributed by atoms with van der Waals surface area (Å²) >= 11 is 6.25. The van der Waals surface area contributed by atoms with Crippen LogP contribution in [0.5, 0.6) is 0 Å². The third-order valence-electron chi connectivity index (χ3n) is 3.75. The van der Waals surface area contributed by atoms with Crippen molar-refractivity contribution in [3.05, 3.63) is 40.8 Å². The molecule has 1 atom stereocenters. The molecule has 0 aliphatic carbocycles. The summed E-state index contributed by atoms with van der Waals surface area (Å²) in [4.78, 5) is 49.8. The number of thioether (sulfide) groups is 1. The molecule has 0 spiro atoms. The van der Waals surface area contributed by atoms with Gasteiger partial charge in [-0.2, -0.15) is 0 Å². The van der Waals surface area contributed by atoms with E-state index in [2.05, 4.69) is 0 Å². The second-order valence-electron chi connectivity index (χ2n) is 5.39. The summed E-state index contributed by atoms with van der Waals surface area (Å²) in [5, 5.41) is 8.81. The molecule has 2 aliphatic heterocycles. The normalized spacial score (nSPS) is 22.4. The Morgan fingerprint density at radius 3 is 2.60 bits per heavy atom. The molecule has 1 aromatic rings. The van der Waals surface area contributed by atoms with Gasteiger partial charge in [-0.1, -0.05) is 54.3 Å². The number of hydrogen-bond donors (Lipinski definition) is 1. The van der Waals surface area contributed by atoms with Crippen molar-refractivity contribution in [2.75, 3.05) is 6.54 Å². The Morgan fingerprint density at radius 2 is 1.96 bits per heavy atom. The van der Waals surface area contributed by atoms with Crippen molar-refractivity contribution in [3.63, 3.8) is 0 Å². The number of rotatable bonds is 4. The summed E-state index contributed by atoms with van der Waals surface area (Å²) in [6.07, 6.45) is 1.40. The zero-order valence-electron chi connectivity index (χ0n) is 12.7. The Balaban J connectivity index is 1.84. The summed E-state index contributed by atoms with van der Waals surface area (Å²) in [6, 6.07) is 8.07. The maximum Gasteiger partial charge on any atom is 0.323 e. The Hall–Kier alpha value is -2.52. The minimum atomic E-state index is -1.29. The summed E-state index contributed by atoms with van der Waals surface area (Å²) in [6.45, 7) is -0.719. The fourth-order valence-corrected chi connectivity index (χ4v) is 3.97. The highest BCUT2D eigenvalue weighted by molar-refractivity contribution is 8.26. The molecule has 1 aromatic carbocycles. The van der Waals surface area contributed by atoms with E-state index in [-0.39, 0.29) is 10.7 Å². The number of thiocarbonyl (C=S) groups is 1. The van der Waals surface area contributed by atoms with E-state index in [0.717, 1.165) is 22.2 Å². The summed E-state index contributed by atoms with van der Waals surface area (Å²) < 4.78 is 0.176. The van der Waals surface area contributed by atoms with Crippen LogP contribution in [-0.2, 0) is 19.2 Å². The highest BCUT2D eigenvalue weighted by atomic mass is 32.2. The number of carbonyl (C=O) groups is 4. The van der Waals surface area contributed by atoms with Crippen molar-refractivity contribution in [3.8, 4) is 0 Å². The number of benzene rings is 1. The molecule has 25 heavy (non-hydrogen) atoms. The number of likely N-dealkylation sites (tertiary alicyclic amines) is 1. The van der Waals surface area contributed by atoms with Crippen LogP contribution in [0.3, 0.4) is 0 Å². The molecule has 128 valence electrons. The minimum absolute atomic E-state index is 0.176. The lowest BCUT2D eigenvalue weighted by molar-refractivity contribution is -0.149. The van der Waals surface area contributed by atoms with Gasteiger partial charge in [-0.25, -0.2) is 0 Å². The zero-order chi connectivity index (χ0) is 18.1. The minimum Gasteiger partial charge on any atom is -0.480 e. The van der Waals surface area contributed by atoms with Crippen molar-refractivity contribution >= 4 is 58.1 Å². The van der Waals surface area contributed by atoms with Crippen molar-refractivity contribution in [2.45, 2.75) is 12.5 Å². The monoisotopic (exact) mass is 376 g/mol. The van der Waals surface area contributed by atoms with Crippen LogP contribution in [0, 0.1) is 0 Å². The van der Waals surface area contributed by atoms with Gasteiger partial charge in [0, 0.05) is 0 Å². The van der Waals surface area contributed by atoms with Crippen LogP contribution < -0.4 is 0 Å². The van der Waals surface area contributed by atoms with Crippen LogP contribution in [0.2, 0.25) is 0 Å². The maximum atomic E-state index is 12.6. The number of carbonyl (C=O) groups excluding carboxylic acids is 3. The van der Waals surface area contributed by atoms with Crippen molar-refractivity contribution in [1.82, 2.24) is 9.80 Å². The molecule has 1 N–H and O–H groups in total. The average Bonchev–Trinajstić information content (AvgIpc) is 2.98. The van der Waals surface area contributed by atoms with Gasteiger partial charge in [0.05, 0.1) is 11.3 Å². The van der Waals surface area contributed by atoms with Crippen LogP contribution in [-0.4, -0.2) is 55.5 Å². The van der Waals surface area contributed by atoms with Gasteiger partial charge in [0.25, 0.3) is 11.8 Å². The van der Waals surface area contributed by atoms with Crippen LogP contribution >= 0.6 is 24.0 Å². The highest BCUT2D eigenvalue weighted by Crippen LogP contribution is 2.36. The fourth-order valence-electron chi connectivity index (χ4n) is 2.62. The van der Waals surface area contributed by atoms with E-state index in [9.17, 15) is 19.2 Å². The Labute approximate surface area is 152 Å². The number of carboxylic acid groups (broad SMARTS) is 1. The molecular weight excluding hydrogens is 364 g/mol. The van der Waals surface area contributed by atoms with Gasteiger partial charge in [-0.3, -0.25) is 29.0 Å². The quantitative estimate of drug-likeness (QED) is 0.478. The molecule has 7 nitrogen and oxygen atoms in total. The number of hydrogen-bond acceptors (Lipinski definition) is 6. The molecule has 0 saturated carbocycles. The van der Waals surface area contributed by atoms with Gasteiger partial charge in [0.2, 0.25) is 5.91 Å². The third kappa shape index (κ3) is 3.33. The molecule has 0 bridgehead atoms. The Kier molecular flexibility index (Phi) is 4.69. The van der Waals surface area contributed by atoms with Gasteiger partial charge in [0.15, 0.2) is 0 Å². The van der Waals surface area contributed by atoms with Crippen molar-refractivity contribution in [1.29, 1.82) is 0 Å². The SMILES string of the molecule is O=C(O)CN1C(=O)CC(N2C(=O)C(=Cc3ccccc3)SC2=S)C1=O. The van der Waals surface area contributed by atoms with Crippen molar-refractivity contribution in [2.24, 2.45) is 0 Å².